The van der Waals surface area contributed by atoms with Gasteiger partial charge in [-0.05, 0) is 47.2 Å². The van der Waals surface area contributed by atoms with Gasteiger partial charge < -0.3 is 10.0 Å². The Morgan fingerprint density at radius 3 is 2.34 bits per heavy atom. The number of benzene rings is 2. The molecule has 2 aromatic carbocycles. The van der Waals surface area contributed by atoms with E-state index in [1.807, 2.05) is 63.2 Å². The molecule has 0 fully saturated rings. The van der Waals surface area contributed by atoms with E-state index < -0.39 is 12.0 Å². The smallest absolute Gasteiger partial charge is 0.326 e. The van der Waals surface area contributed by atoms with Crippen LogP contribution in [0.3, 0.4) is 0 Å². The lowest BCUT2D eigenvalue weighted by Gasteiger charge is -2.31. The molecule has 198 valence electrons. The first-order valence-electron chi connectivity index (χ1n) is 12.5. The Kier molecular flexibility index (Phi) is 9.90. The molecule has 8 nitrogen and oxygen atoms in total. The van der Waals surface area contributed by atoms with Crippen molar-refractivity contribution in [2.75, 3.05) is 6.67 Å². The molecule has 0 unspecified atom stereocenters. The van der Waals surface area contributed by atoms with Crippen LogP contribution in [0.25, 0.3) is 22.4 Å². The third-order valence-corrected chi connectivity index (χ3v) is 6.27. The monoisotopic (exact) mass is 531 g/mol. The second-order valence-electron chi connectivity index (χ2n) is 9.34. The van der Waals surface area contributed by atoms with Crippen LogP contribution in [0.2, 0.25) is 0 Å². The Balaban J connectivity index is 0.00000400. The summed E-state index contributed by atoms with van der Waals surface area (Å²) in [4.78, 5) is 35.4. The SMILES string of the molecule is CCCC(=O)N(Cc1ccc(-c2cc(-c3ccccc3)ccc2C2=NCN=N2)nc1)[C@H](C(=O)O)C(C)C.S. The van der Waals surface area contributed by atoms with Gasteiger partial charge in [-0.15, -0.1) is 5.11 Å². The van der Waals surface area contributed by atoms with Crippen LogP contribution in [-0.2, 0) is 16.1 Å². The number of carbonyl (C=O) groups excluding carboxylic acids is 1. The van der Waals surface area contributed by atoms with Crippen LogP contribution in [0.5, 0.6) is 0 Å². The van der Waals surface area contributed by atoms with Gasteiger partial charge in [0, 0.05) is 30.3 Å². The van der Waals surface area contributed by atoms with Crippen molar-refractivity contribution in [3.8, 4) is 22.4 Å². The summed E-state index contributed by atoms with van der Waals surface area (Å²) in [5, 5.41) is 18.0. The second kappa shape index (κ2) is 13.1. The third kappa shape index (κ3) is 6.52. The number of amidine groups is 1. The highest BCUT2D eigenvalue weighted by Crippen LogP contribution is 2.30. The number of pyridine rings is 1. The van der Waals surface area contributed by atoms with Gasteiger partial charge in [0.1, 0.15) is 6.04 Å². The lowest BCUT2D eigenvalue weighted by Crippen LogP contribution is -2.47. The maximum atomic E-state index is 12.9. The molecule has 0 saturated heterocycles. The van der Waals surface area contributed by atoms with Crippen molar-refractivity contribution in [3.63, 3.8) is 0 Å². The molecule has 38 heavy (non-hydrogen) atoms. The molecule has 9 heteroatoms. The summed E-state index contributed by atoms with van der Waals surface area (Å²) < 4.78 is 0. The molecule has 1 aliphatic rings. The van der Waals surface area contributed by atoms with Crippen LogP contribution in [-0.4, -0.2) is 45.4 Å². The fraction of sp³-hybridized carbons (Fsp3) is 0.310. The Bertz CT molecular complexity index is 1320. The summed E-state index contributed by atoms with van der Waals surface area (Å²) >= 11 is 0. The highest BCUT2D eigenvalue weighted by atomic mass is 32.1. The lowest BCUT2D eigenvalue weighted by molar-refractivity contribution is -0.153. The first-order chi connectivity index (χ1) is 17.9. The number of azo groups is 1. The van der Waals surface area contributed by atoms with Crippen LogP contribution < -0.4 is 0 Å². The number of nitrogens with zero attached hydrogens (tertiary/aromatic N) is 5. The fourth-order valence-electron chi connectivity index (χ4n) is 4.48. The van der Waals surface area contributed by atoms with Crippen molar-refractivity contribution in [1.82, 2.24) is 9.88 Å². The van der Waals surface area contributed by atoms with Crippen molar-refractivity contribution in [3.05, 3.63) is 78.0 Å². The number of carboxylic acid groups (broad SMARTS) is 1. The van der Waals surface area contributed by atoms with E-state index in [2.05, 4.69) is 33.4 Å². The van der Waals surface area contributed by atoms with Crippen LogP contribution in [0.4, 0.5) is 0 Å². The fourth-order valence-corrected chi connectivity index (χ4v) is 4.48. The van der Waals surface area contributed by atoms with Crippen molar-refractivity contribution in [2.24, 2.45) is 21.1 Å². The average Bonchev–Trinajstić information content (AvgIpc) is 3.43. The van der Waals surface area contributed by atoms with Gasteiger partial charge in [-0.25, -0.2) is 9.79 Å². The maximum Gasteiger partial charge on any atom is 0.326 e. The summed E-state index contributed by atoms with van der Waals surface area (Å²) in [5.74, 6) is -0.832. The number of aliphatic imine (C=N–C) groups is 1. The van der Waals surface area contributed by atoms with E-state index in [0.29, 0.717) is 25.3 Å². The van der Waals surface area contributed by atoms with E-state index in [4.69, 9.17) is 4.98 Å². The van der Waals surface area contributed by atoms with E-state index in [1.54, 1.807) is 6.20 Å². The molecule has 1 aromatic heterocycles. The minimum Gasteiger partial charge on any atom is -0.480 e. The van der Waals surface area contributed by atoms with Crippen LogP contribution in [0.15, 0.2) is 82.1 Å². The Morgan fingerprint density at radius 1 is 1.00 bits per heavy atom. The van der Waals surface area contributed by atoms with E-state index in [9.17, 15) is 14.7 Å². The van der Waals surface area contributed by atoms with E-state index in [1.165, 1.54) is 4.90 Å². The zero-order valence-electron chi connectivity index (χ0n) is 21.8. The lowest BCUT2D eigenvalue weighted by atomic mass is 9.96. The molecule has 4 rings (SSSR count). The number of amides is 1. The summed E-state index contributed by atoms with van der Waals surface area (Å²) in [6.45, 7) is 6.03. The van der Waals surface area contributed by atoms with Crippen molar-refractivity contribution in [1.29, 1.82) is 0 Å². The molecule has 2 heterocycles. The number of aliphatic carboxylic acids is 1. The molecule has 0 saturated carbocycles. The van der Waals surface area contributed by atoms with Crippen molar-refractivity contribution >= 4 is 31.2 Å². The molecule has 1 amide bonds. The number of rotatable bonds is 10. The number of hydrogen-bond acceptors (Lipinski definition) is 6. The number of hydrogen-bond donors (Lipinski definition) is 1. The molecular weight excluding hydrogens is 498 g/mol. The molecule has 1 aliphatic heterocycles. The normalized spacial score (nSPS) is 13.1. The van der Waals surface area contributed by atoms with Gasteiger partial charge in [0.05, 0.1) is 5.69 Å². The van der Waals surface area contributed by atoms with Gasteiger partial charge >= 0.3 is 5.97 Å². The van der Waals surface area contributed by atoms with E-state index in [0.717, 1.165) is 33.5 Å². The van der Waals surface area contributed by atoms with Gasteiger partial charge in [-0.1, -0.05) is 63.2 Å². The molecule has 0 spiro atoms. The number of carboxylic acids is 1. The molecule has 1 N–H and O–H groups in total. The highest BCUT2D eigenvalue weighted by molar-refractivity contribution is 7.59. The minimum absolute atomic E-state index is 0. The Morgan fingerprint density at radius 2 is 1.76 bits per heavy atom. The van der Waals surface area contributed by atoms with Crippen LogP contribution >= 0.6 is 13.5 Å². The first-order valence-corrected chi connectivity index (χ1v) is 12.5. The molecule has 3 aromatic rings. The Labute approximate surface area is 230 Å². The number of carbonyl (C=O) groups is 2. The minimum atomic E-state index is -1.00. The van der Waals surface area contributed by atoms with Crippen LogP contribution in [0.1, 0.15) is 44.7 Å². The van der Waals surface area contributed by atoms with Crippen LogP contribution in [0, 0.1) is 5.92 Å². The number of aromatic nitrogens is 1. The molecular formula is C29H33N5O3S. The Hall–Kier alpha value is -3.85. The summed E-state index contributed by atoms with van der Waals surface area (Å²) in [5.41, 5.74) is 5.33. The molecule has 0 aliphatic carbocycles. The van der Waals surface area contributed by atoms with Gasteiger partial charge in [0.15, 0.2) is 12.5 Å². The molecule has 0 bridgehead atoms. The van der Waals surface area contributed by atoms with Gasteiger partial charge in [-0.3, -0.25) is 9.78 Å². The summed E-state index contributed by atoms with van der Waals surface area (Å²) in [6, 6.07) is 19.1. The average molecular weight is 532 g/mol. The second-order valence-corrected chi connectivity index (χ2v) is 9.34. The molecule has 0 radical (unpaired) electrons. The predicted molar refractivity (Wildman–Crippen MR) is 153 cm³/mol. The zero-order chi connectivity index (χ0) is 26.4. The first kappa shape index (κ1) is 28.7. The van der Waals surface area contributed by atoms with Gasteiger partial charge in [0.25, 0.3) is 0 Å². The van der Waals surface area contributed by atoms with Crippen molar-refractivity contribution in [2.45, 2.75) is 46.2 Å². The third-order valence-electron chi connectivity index (χ3n) is 6.27. The zero-order valence-corrected chi connectivity index (χ0v) is 22.8. The standard InChI is InChI=1S/C29H31N5O3.H2S/c1-4-8-26(35)34(27(19(2)3)29(36)37)17-20-11-14-25(30-16-20)24-15-22(21-9-6-5-7-10-21)12-13-23(24)28-31-18-32-33-28;/h5-7,9-16,19,27H,4,8,17-18H2,1-3H3,(H,36,37);1H2/t27-;/m0./s1. The largest absolute Gasteiger partial charge is 0.480 e. The van der Waals surface area contributed by atoms with Gasteiger partial charge in [0.2, 0.25) is 5.91 Å². The maximum absolute atomic E-state index is 12.9. The van der Waals surface area contributed by atoms with E-state index in [-0.39, 0.29) is 31.9 Å². The van der Waals surface area contributed by atoms with E-state index >= 15 is 0 Å². The summed E-state index contributed by atoms with van der Waals surface area (Å²) in [7, 11) is 0. The quantitative estimate of drug-likeness (QED) is 0.349. The topological polar surface area (TPSA) is 108 Å². The van der Waals surface area contributed by atoms with Crippen molar-refractivity contribution < 1.29 is 14.7 Å². The summed E-state index contributed by atoms with van der Waals surface area (Å²) in [6.07, 6.45) is 2.66. The van der Waals surface area contributed by atoms with Gasteiger partial charge in [-0.2, -0.15) is 18.6 Å². The predicted octanol–water partition coefficient (Wildman–Crippen LogP) is 5.94. The highest BCUT2D eigenvalue weighted by Gasteiger charge is 2.32. The molecule has 1 atom stereocenters.